The highest BCUT2D eigenvalue weighted by Crippen LogP contribution is 2.27. The van der Waals surface area contributed by atoms with Crippen LogP contribution in [-0.4, -0.2) is 36.9 Å². The molecule has 0 N–H and O–H groups in total. The molecule has 136 valence electrons. The Morgan fingerprint density at radius 2 is 1.38 bits per heavy atom. The molecule has 24 heavy (non-hydrogen) atoms. The lowest BCUT2D eigenvalue weighted by atomic mass is 10.2. The van der Waals surface area contributed by atoms with Crippen LogP contribution in [0.2, 0.25) is 45.8 Å². The van der Waals surface area contributed by atoms with Crippen LogP contribution in [0.25, 0.3) is 0 Å². The van der Waals surface area contributed by atoms with Gasteiger partial charge >= 0.3 is 14.5 Å². The van der Waals surface area contributed by atoms with Crippen LogP contribution in [0.3, 0.4) is 0 Å². The van der Waals surface area contributed by atoms with E-state index in [0.29, 0.717) is 12.0 Å². The molecule has 0 bridgehead atoms. The molecule has 0 heterocycles. The summed E-state index contributed by atoms with van der Waals surface area (Å²) in [5, 5.41) is 0. The number of rotatable bonds is 8. The van der Waals surface area contributed by atoms with Gasteiger partial charge in [-0.2, -0.15) is 0 Å². The van der Waals surface area contributed by atoms with Crippen molar-refractivity contribution < 1.29 is 17.8 Å². The lowest BCUT2D eigenvalue weighted by Gasteiger charge is -2.42. The molecule has 0 aliphatic rings. The van der Waals surface area contributed by atoms with Crippen LogP contribution in [0.5, 0.6) is 0 Å². The molecule has 1 rings (SSSR count). The number of hydrogen-bond acceptors (Lipinski definition) is 4. The summed E-state index contributed by atoms with van der Waals surface area (Å²) in [6.07, 6.45) is 0.691. The van der Waals surface area contributed by atoms with Crippen molar-refractivity contribution in [1.82, 2.24) is 0 Å². The molecular formula is C17H32O4Si3. The van der Waals surface area contributed by atoms with Gasteiger partial charge in [-0.25, -0.2) is 4.79 Å². The monoisotopic (exact) mass is 384 g/mol. The molecule has 4 nitrogen and oxygen atoms in total. The maximum atomic E-state index is 12.5. The first-order valence-corrected chi connectivity index (χ1v) is 17.7. The maximum absolute atomic E-state index is 12.5. The summed E-state index contributed by atoms with van der Waals surface area (Å²) in [7, 11) is -6.33. The van der Waals surface area contributed by atoms with E-state index in [1.54, 1.807) is 12.1 Å². The van der Waals surface area contributed by atoms with Crippen LogP contribution in [0.1, 0.15) is 23.7 Å². The lowest BCUT2D eigenvalue weighted by molar-refractivity contribution is 0.0365. The summed E-state index contributed by atoms with van der Waals surface area (Å²) in [5.41, 5.74) is 0.247. The SMILES string of the molecule is CCC(OC(=O)c1ccccc1)[Si](C)(O[Si](C)(C)C)O[Si](C)(C)C. The van der Waals surface area contributed by atoms with E-state index in [1.165, 1.54) is 0 Å². The summed E-state index contributed by atoms with van der Waals surface area (Å²) in [6, 6.07) is 9.10. The molecule has 0 saturated carbocycles. The highest BCUT2D eigenvalue weighted by molar-refractivity contribution is 6.88. The van der Waals surface area contributed by atoms with Crippen molar-refractivity contribution in [3.63, 3.8) is 0 Å². The Morgan fingerprint density at radius 1 is 0.917 bits per heavy atom. The third kappa shape index (κ3) is 7.02. The molecule has 1 aromatic carbocycles. The minimum atomic E-state index is -2.66. The molecule has 7 heteroatoms. The third-order valence-corrected chi connectivity index (χ3v) is 13.1. The Hall–Kier alpha value is -0.739. The fourth-order valence-corrected chi connectivity index (χ4v) is 15.1. The summed E-state index contributed by atoms with van der Waals surface area (Å²) >= 11 is 0. The van der Waals surface area contributed by atoms with Crippen molar-refractivity contribution in [2.45, 2.75) is 64.9 Å². The van der Waals surface area contributed by atoms with Gasteiger partial charge in [0, 0.05) is 0 Å². The van der Waals surface area contributed by atoms with Crippen LogP contribution in [0.15, 0.2) is 30.3 Å². The van der Waals surface area contributed by atoms with Gasteiger partial charge in [0.05, 0.1) is 5.56 Å². The Morgan fingerprint density at radius 3 is 1.75 bits per heavy atom. The van der Waals surface area contributed by atoms with E-state index in [0.717, 1.165) is 0 Å². The summed E-state index contributed by atoms with van der Waals surface area (Å²) in [4.78, 5) is 12.5. The van der Waals surface area contributed by atoms with Crippen LogP contribution < -0.4 is 0 Å². The molecule has 1 unspecified atom stereocenters. The van der Waals surface area contributed by atoms with Crippen LogP contribution in [-0.2, 0) is 13.0 Å². The van der Waals surface area contributed by atoms with E-state index in [4.69, 9.17) is 13.0 Å². The maximum Gasteiger partial charge on any atom is 0.356 e. The Kier molecular flexibility index (Phi) is 7.18. The van der Waals surface area contributed by atoms with E-state index in [-0.39, 0.29) is 11.7 Å². The highest BCUT2D eigenvalue weighted by atomic mass is 28.5. The lowest BCUT2D eigenvalue weighted by Crippen LogP contribution is -2.61. The summed E-state index contributed by atoms with van der Waals surface area (Å²) in [5.74, 6) is -0.306. The van der Waals surface area contributed by atoms with Gasteiger partial charge in [0.25, 0.3) is 0 Å². The van der Waals surface area contributed by atoms with Gasteiger partial charge in [0.1, 0.15) is 5.73 Å². The minimum absolute atomic E-state index is 0.306. The Balaban J connectivity index is 3.05. The molecule has 0 aliphatic heterocycles. The van der Waals surface area contributed by atoms with E-state index < -0.39 is 25.2 Å². The summed E-state index contributed by atoms with van der Waals surface area (Å²) in [6.45, 7) is 17.0. The van der Waals surface area contributed by atoms with Gasteiger partial charge in [0.2, 0.25) is 0 Å². The number of benzene rings is 1. The topological polar surface area (TPSA) is 44.8 Å². The van der Waals surface area contributed by atoms with E-state index in [1.807, 2.05) is 25.1 Å². The normalized spacial score (nSPS) is 14.3. The van der Waals surface area contributed by atoms with E-state index in [2.05, 4.69) is 45.8 Å². The van der Waals surface area contributed by atoms with Crippen LogP contribution in [0.4, 0.5) is 0 Å². The second-order valence-corrected chi connectivity index (χ2v) is 20.9. The molecule has 0 amide bonds. The van der Waals surface area contributed by atoms with Gasteiger partial charge in [-0.15, -0.1) is 0 Å². The molecule has 0 radical (unpaired) electrons. The number of hydrogen-bond donors (Lipinski definition) is 0. The van der Waals surface area contributed by atoms with Gasteiger partial charge in [-0.05, 0) is 64.4 Å². The number of ether oxygens (including phenoxy) is 1. The predicted molar refractivity (Wildman–Crippen MR) is 106 cm³/mol. The van der Waals surface area contributed by atoms with E-state index in [9.17, 15) is 4.79 Å². The molecule has 0 saturated heterocycles. The average Bonchev–Trinajstić information content (AvgIpc) is 2.41. The zero-order chi connectivity index (χ0) is 18.6. The predicted octanol–water partition coefficient (Wildman–Crippen LogP) is 4.94. The summed E-state index contributed by atoms with van der Waals surface area (Å²) < 4.78 is 18.9. The Labute approximate surface area is 150 Å². The van der Waals surface area contributed by atoms with Crippen molar-refractivity contribution in [2.75, 3.05) is 0 Å². The quantitative estimate of drug-likeness (QED) is 0.470. The van der Waals surface area contributed by atoms with Crippen molar-refractivity contribution in [3.8, 4) is 0 Å². The molecule has 0 aromatic heterocycles. The van der Waals surface area contributed by atoms with Crippen molar-refractivity contribution in [3.05, 3.63) is 35.9 Å². The number of esters is 1. The first-order valence-electron chi connectivity index (χ1n) is 8.53. The highest BCUT2D eigenvalue weighted by Gasteiger charge is 2.48. The second-order valence-electron chi connectivity index (χ2n) is 8.11. The van der Waals surface area contributed by atoms with Gasteiger partial charge in [0.15, 0.2) is 16.6 Å². The largest absolute Gasteiger partial charge is 0.457 e. The van der Waals surface area contributed by atoms with E-state index >= 15 is 0 Å². The molecule has 1 aromatic rings. The number of carbonyl (C=O) groups excluding carboxylic acids is 1. The standard InChI is InChI=1S/C17H32O4Si3/c1-9-16(19-17(18)15-13-11-10-12-14-15)24(8,20-22(2,3)4)21-23(5,6)7/h10-14,16H,9H2,1-8H3. The second kappa shape index (κ2) is 8.09. The fourth-order valence-electron chi connectivity index (χ4n) is 2.70. The van der Waals surface area contributed by atoms with Gasteiger partial charge < -0.3 is 13.0 Å². The first-order chi connectivity index (χ1) is 10.9. The zero-order valence-corrected chi connectivity index (χ0v) is 19.3. The minimum Gasteiger partial charge on any atom is -0.457 e. The van der Waals surface area contributed by atoms with Gasteiger partial charge in [-0.1, -0.05) is 25.1 Å². The average molecular weight is 385 g/mol. The first kappa shape index (κ1) is 21.3. The molecule has 0 spiro atoms. The molecule has 0 aliphatic carbocycles. The third-order valence-electron chi connectivity index (χ3n) is 3.23. The van der Waals surface area contributed by atoms with Crippen molar-refractivity contribution in [2.24, 2.45) is 0 Å². The molecule has 0 fully saturated rings. The van der Waals surface area contributed by atoms with Crippen molar-refractivity contribution >= 4 is 31.2 Å². The van der Waals surface area contributed by atoms with Crippen molar-refractivity contribution in [1.29, 1.82) is 0 Å². The van der Waals surface area contributed by atoms with Gasteiger partial charge in [-0.3, -0.25) is 0 Å². The molecular weight excluding hydrogens is 352 g/mol. The number of carbonyl (C=O) groups is 1. The molecule has 1 atom stereocenters. The fraction of sp³-hybridized carbons (Fsp3) is 0.588. The zero-order valence-electron chi connectivity index (χ0n) is 16.3. The van der Waals surface area contributed by atoms with Crippen LogP contribution in [0, 0.1) is 0 Å². The Bertz CT molecular complexity index is 519. The smallest absolute Gasteiger partial charge is 0.356 e. The van der Waals surface area contributed by atoms with Crippen LogP contribution >= 0.6 is 0 Å².